The maximum Gasteiger partial charge on any atom is 0.349 e. The molecule has 2 aromatic rings. The predicted molar refractivity (Wildman–Crippen MR) is 106 cm³/mol. The summed E-state index contributed by atoms with van der Waals surface area (Å²) in [5.41, 5.74) is 1.55. The van der Waals surface area contributed by atoms with Crippen LogP contribution in [0, 0.1) is 12.8 Å². The van der Waals surface area contributed by atoms with E-state index in [1.54, 1.807) is 6.92 Å². The molecule has 27 heavy (non-hydrogen) atoms. The predicted octanol–water partition coefficient (Wildman–Crippen LogP) is 2.85. The van der Waals surface area contributed by atoms with E-state index in [2.05, 4.69) is 22.8 Å². The Bertz CT molecular complexity index is 808. The minimum atomic E-state index is -0.535. The maximum atomic E-state index is 12.5. The van der Waals surface area contributed by atoms with Gasteiger partial charge in [-0.15, -0.1) is 0 Å². The van der Waals surface area contributed by atoms with Crippen LogP contribution in [0.15, 0.2) is 45.6 Å². The molecule has 0 aliphatic carbocycles. The van der Waals surface area contributed by atoms with Gasteiger partial charge in [0.25, 0.3) is 5.91 Å². The summed E-state index contributed by atoms with van der Waals surface area (Å²) in [6.07, 6.45) is 4.61. The molecule has 0 spiro atoms. The van der Waals surface area contributed by atoms with Gasteiger partial charge in [-0.05, 0) is 68.8 Å². The van der Waals surface area contributed by atoms with Gasteiger partial charge in [-0.25, -0.2) is 4.79 Å². The highest BCUT2D eigenvalue weighted by molar-refractivity contribution is 5.95. The van der Waals surface area contributed by atoms with Crippen molar-refractivity contribution in [3.63, 3.8) is 0 Å². The molecule has 0 unspecified atom stereocenters. The Hall–Kier alpha value is -2.40. The smallest absolute Gasteiger partial charge is 0.349 e. The van der Waals surface area contributed by atoms with E-state index in [0.717, 1.165) is 38.8 Å². The Morgan fingerprint density at radius 1 is 1.19 bits per heavy atom. The maximum absolute atomic E-state index is 12.5. The first-order valence-corrected chi connectivity index (χ1v) is 9.80. The standard InChI is InChI=1S/C22H28N2O3/c1-16-14-19(9-5-8-17-6-3-2-4-7-17)27-22(26)20(16)21(25)24-15-18-10-12-23-13-11-18/h2-4,6-7,14,18,23H,5,8-13,15H2,1H3,(H,24,25). The minimum Gasteiger partial charge on any atom is -0.427 e. The third-order valence-electron chi connectivity index (χ3n) is 5.17. The molecule has 0 radical (unpaired) electrons. The molecule has 1 fully saturated rings. The van der Waals surface area contributed by atoms with Gasteiger partial charge in [0.05, 0.1) is 0 Å². The van der Waals surface area contributed by atoms with Gasteiger partial charge in [0.1, 0.15) is 11.3 Å². The highest BCUT2D eigenvalue weighted by Crippen LogP contribution is 2.13. The average Bonchev–Trinajstić information content (AvgIpc) is 2.67. The van der Waals surface area contributed by atoms with Crippen LogP contribution in [0.25, 0.3) is 0 Å². The molecular formula is C22H28N2O3. The van der Waals surface area contributed by atoms with Gasteiger partial charge >= 0.3 is 5.63 Å². The van der Waals surface area contributed by atoms with E-state index in [9.17, 15) is 9.59 Å². The van der Waals surface area contributed by atoms with Crippen molar-refractivity contribution in [3.8, 4) is 0 Å². The largest absolute Gasteiger partial charge is 0.427 e. The lowest BCUT2D eigenvalue weighted by Gasteiger charge is -2.22. The molecule has 2 heterocycles. The number of piperidine rings is 1. The van der Waals surface area contributed by atoms with E-state index in [1.807, 2.05) is 24.3 Å². The number of hydrogen-bond acceptors (Lipinski definition) is 4. The number of carbonyl (C=O) groups is 1. The van der Waals surface area contributed by atoms with Gasteiger partial charge in [0, 0.05) is 13.0 Å². The molecule has 0 bridgehead atoms. The summed E-state index contributed by atoms with van der Waals surface area (Å²) >= 11 is 0. The van der Waals surface area contributed by atoms with Crippen LogP contribution in [0.5, 0.6) is 0 Å². The molecule has 1 aliphatic heterocycles. The Balaban J connectivity index is 1.56. The SMILES string of the molecule is Cc1cc(CCCc2ccccc2)oc(=O)c1C(=O)NCC1CCNCC1. The van der Waals surface area contributed by atoms with E-state index in [1.165, 1.54) is 5.56 Å². The summed E-state index contributed by atoms with van der Waals surface area (Å²) in [4.78, 5) is 24.8. The minimum absolute atomic E-state index is 0.135. The lowest BCUT2D eigenvalue weighted by molar-refractivity contribution is 0.0939. The summed E-state index contributed by atoms with van der Waals surface area (Å²) in [5.74, 6) is 0.791. The van der Waals surface area contributed by atoms with Crippen LogP contribution >= 0.6 is 0 Å². The summed E-state index contributed by atoms with van der Waals surface area (Å²) < 4.78 is 5.41. The Labute approximate surface area is 160 Å². The van der Waals surface area contributed by atoms with E-state index in [0.29, 0.717) is 30.2 Å². The molecule has 0 saturated carbocycles. The van der Waals surface area contributed by atoms with E-state index < -0.39 is 5.63 Å². The summed E-state index contributed by atoms with van der Waals surface area (Å²) in [6, 6.07) is 12.1. The van der Waals surface area contributed by atoms with Gasteiger partial charge in [-0.1, -0.05) is 30.3 Å². The van der Waals surface area contributed by atoms with Crippen LogP contribution in [0.4, 0.5) is 0 Å². The first-order valence-electron chi connectivity index (χ1n) is 9.80. The fourth-order valence-corrected chi connectivity index (χ4v) is 3.59. The van der Waals surface area contributed by atoms with E-state index in [-0.39, 0.29) is 11.5 Å². The first-order chi connectivity index (χ1) is 13.1. The number of aryl methyl sites for hydroxylation is 3. The molecule has 2 N–H and O–H groups in total. The van der Waals surface area contributed by atoms with Gasteiger partial charge in [0.2, 0.25) is 0 Å². The third kappa shape index (κ3) is 5.54. The second-order valence-electron chi connectivity index (χ2n) is 7.30. The fraction of sp³-hybridized carbons (Fsp3) is 0.455. The second kappa shape index (κ2) is 9.51. The Morgan fingerprint density at radius 2 is 1.93 bits per heavy atom. The van der Waals surface area contributed by atoms with Gasteiger partial charge in [-0.2, -0.15) is 0 Å². The molecule has 1 saturated heterocycles. The Morgan fingerprint density at radius 3 is 2.63 bits per heavy atom. The molecular weight excluding hydrogens is 340 g/mol. The van der Waals surface area contributed by atoms with Crippen molar-refractivity contribution in [1.82, 2.24) is 10.6 Å². The highest BCUT2D eigenvalue weighted by atomic mass is 16.4. The lowest BCUT2D eigenvalue weighted by atomic mass is 9.98. The molecule has 144 valence electrons. The molecule has 5 nitrogen and oxygen atoms in total. The van der Waals surface area contributed by atoms with Crippen molar-refractivity contribution in [2.75, 3.05) is 19.6 Å². The van der Waals surface area contributed by atoms with Crippen LogP contribution in [0.3, 0.4) is 0 Å². The van der Waals surface area contributed by atoms with Crippen molar-refractivity contribution >= 4 is 5.91 Å². The third-order valence-corrected chi connectivity index (χ3v) is 5.17. The zero-order chi connectivity index (χ0) is 19.1. The average molecular weight is 368 g/mol. The number of nitrogens with one attached hydrogen (secondary N) is 2. The summed E-state index contributed by atoms with van der Waals surface area (Å²) in [7, 11) is 0. The topological polar surface area (TPSA) is 71.3 Å². The molecule has 3 rings (SSSR count). The van der Waals surface area contributed by atoms with Crippen LogP contribution in [0.2, 0.25) is 0 Å². The van der Waals surface area contributed by atoms with E-state index in [4.69, 9.17) is 4.42 Å². The Kier molecular flexibility index (Phi) is 6.82. The zero-order valence-corrected chi connectivity index (χ0v) is 15.9. The normalized spacial score (nSPS) is 14.9. The van der Waals surface area contributed by atoms with Gasteiger partial charge in [-0.3, -0.25) is 4.79 Å². The summed E-state index contributed by atoms with van der Waals surface area (Å²) in [6.45, 7) is 4.38. The van der Waals surface area contributed by atoms with Crippen LogP contribution < -0.4 is 16.3 Å². The fourth-order valence-electron chi connectivity index (χ4n) is 3.59. The highest BCUT2D eigenvalue weighted by Gasteiger charge is 2.19. The van der Waals surface area contributed by atoms with Crippen LogP contribution in [-0.4, -0.2) is 25.5 Å². The quantitative estimate of drug-likeness (QED) is 0.788. The second-order valence-corrected chi connectivity index (χ2v) is 7.30. The van der Waals surface area contributed by atoms with Crippen molar-refractivity contribution in [2.45, 2.75) is 39.0 Å². The molecule has 1 aromatic carbocycles. The van der Waals surface area contributed by atoms with Crippen molar-refractivity contribution in [3.05, 3.63) is 69.3 Å². The summed E-state index contributed by atoms with van der Waals surface area (Å²) in [5, 5.41) is 6.22. The van der Waals surface area contributed by atoms with Crippen molar-refractivity contribution in [2.24, 2.45) is 5.92 Å². The van der Waals surface area contributed by atoms with Crippen molar-refractivity contribution < 1.29 is 9.21 Å². The molecule has 1 aliphatic rings. The van der Waals surface area contributed by atoms with Crippen LogP contribution in [-0.2, 0) is 12.8 Å². The van der Waals surface area contributed by atoms with Gasteiger partial charge < -0.3 is 15.1 Å². The molecule has 0 atom stereocenters. The number of carbonyl (C=O) groups excluding carboxylic acids is 1. The zero-order valence-electron chi connectivity index (χ0n) is 15.9. The first kappa shape index (κ1) is 19.4. The number of benzene rings is 1. The molecule has 1 amide bonds. The van der Waals surface area contributed by atoms with Gasteiger partial charge in [0.15, 0.2) is 0 Å². The number of amides is 1. The monoisotopic (exact) mass is 368 g/mol. The van der Waals surface area contributed by atoms with Crippen LogP contribution in [0.1, 0.15) is 46.5 Å². The number of rotatable bonds is 7. The van der Waals surface area contributed by atoms with E-state index >= 15 is 0 Å². The van der Waals surface area contributed by atoms with Crippen molar-refractivity contribution in [1.29, 1.82) is 0 Å². The molecule has 5 heteroatoms. The number of hydrogen-bond donors (Lipinski definition) is 2. The molecule has 1 aromatic heterocycles. The lowest BCUT2D eigenvalue weighted by Crippen LogP contribution is -2.37.